The highest BCUT2D eigenvalue weighted by molar-refractivity contribution is 7.89. The van der Waals surface area contributed by atoms with E-state index in [-0.39, 0.29) is 17.5 Å². The average molecular weight is 424 g/mol. The van der Waals surface area contributed by atoms with Gasteiger partial charge in [-0.05, 0) is 35.9 Å². The molecule has 1 fully saturated rings. The fourth-order valence-electron chi connectivity index (χ4n) is 3.82. The Labute approximate surface area is 177 Å². The van der Waals surface area contributed by atoms with Crippen molar-refractivity contribution in [3.8, 4) is 0 Å². The summed E-state index contributed by atoms with van der Waals surface area (Å²) in [5.41, 5.74) is 1.29. The Morgan fingerprint density at radius 2 is 1.57 bits per heavy atom. The van der Waals surface area contributed by atoms with Gasteiger partial charge in [-0.25, -0.2) is 13.2 Å². The number of anilines is 1. The van der Waals surface area contributed by atoms with Crippen LogP contribution in [-0.2, 0) is 16.6 Å². The van der Waals surface area contributed by atoms with Crippen molar-refractivity contribution in [2.75, 3.05) is 18.4 Å². The van der Waals surface area contributed by atoms with E-state index in [1.54, 1.807) is 28.6 Å². The Kier molecular flexibility index (Phi) is 6.01. The summed E-state index contributed by atoms with van der Waals surface area (Å²) in [6.07, 6.45) is 2.82. The van der Waals surface area contributed by atoms with Crippen molar-refractivity contribution in [2.45, 2.75) is 30.7 Å². The predicted molar refractivity (Wildman–Crippen MR) is 119 cm³/mol. The van der Waals surface area contributed by atoms with Gasteiger partial charge < -0.3 is 10.6 Å². The third kappa shape index (κ3) is 4.32. The molecule has 6 nitrogen and oxygen atoms in total. The number of urea groups is 1. The Bertz CT molecular complexity index is 1150. The maximum Gasteiger partial charge on any atom is 0.319 e. The van der Waals surface area contributed by atoms with E-state index in [4.69, 9.17) is 0 Å². The number of benzene rings is 3. The van der Waals surface area contributed by atoms with Gasteiger partial charge in [0.25, 0.3) is 0 Å². The number of hydrogen-bond donors (Lipinski definition) is 2. The highest BCUT2D eigenvalue weighted by atomic mass is 32.2. The third-order valence-corrected chi connectivity index (χ3v) is 7.38. The molecule has 7 heteroatoms. The van der Waals surface area contributed by atoms with E-state index in [1.807, 2.05) is 42.5 Å². The van der Waals surface area contributed by atoms with Gasteiger partial charge in [0, 0.05) is 25.0 Å². The van der Waals surface area contributed by atoms with Crippen LogP contribution in [-0.4, -0.2) is 31.8 Å². The number of carbonyl (C=O) groups is 1. The number of nitrogens with one attached hydrogen (secondary N) is 2. The zero-order valence-electron chi connectivity index (χ0n) is 16.7. The number of hydrogen-bond acceptors (Lipinski definition) is 3. The molecule has 2 N–H and O–H groups in total. The minimum absolute atomic E-state index is 0.125. The SMILES string of the molecule is O=C(NCc1ccccc1S(=O)(=O)N1CCCCC1)Nc1cccc2ccccc12. The molecule has 30 heavy (non-hydrogen) atoms. The van der Waals surface area contributed by atoms with Crippen molar-refractivity contribution in [3.05, 3.63) is 72.3 Å². The zero-order chi connectivity index (χ0) is 21.0. The second-order valence-electron chi connectivity index (χ2n) is 7.41. The second-order valence-corrected chi connectivity index (χ2v) is 9.31. The molecule has 1 saturated heterocycles. The number of amides is 2. The topological polar surface area (TPSA) is 78.5 Å². The van der Waals surface area contributed by atoms with E-state index in [0.29, 0.717) is 24.3 Å². The molecule has 0 saturated carbocycles. The fourth-order valence-corrected chi connectivity index (χ4v) is 5.56. The van der Waals surface area contributed by atoms with E-state index < -0.39 is 10.0 Å². The van der Waals surface area contributed by atoms with Gasteiger partial charge in [0.05, 0.1) is 10.6 Å². The van der Waals surface area contributed by atoms with Crippen LogP contribution in [0.1, 0.15) is 24.8 Å². The molecule has 0 unspecified atom stereocenters. The average Bonchev–Trinajstić information content (AvgIpc) is 2.79. The van der Waals surface area contributed by atoms with Gasteiger partial charge in [0.1, 0.15) is 0 Å². The van der Waals surface area contributed by atoms with Crippen molar-refractivity contribution in [3.63, 3.8) is 0 Å². The first kappa shape index (κ1) is 20.4. The van der Waals surface area contributed by atoms with Gasteiger partial charge >= 0.3 is 6.03 Å². The van der Waals surface area contributed by atoms with E-state index in [0.717, 1.165) is 30.0 Å². The molecule has 0 atom stereocenters. The van der Waals surface area contributed by atoms with Gasteiger partial charge in [-0.15, -0.1) is 0 Å². The number of fused-ring (bicyclic) bond motifs is 1. The molecule has 3 aromatic carbocycles. The Hall–Kier alpha value is -2.90. The fraction of sp³-hybridized carbons (Fsp3) is 0.261. The first-order valence-corrected chi connectivity index (χ1v) is 11.6. The van der Waals surface area contributed by atoms with Crippen LogP contribution >= 0.6 is 0 Å². The molecule has 1 aliphatic rings. The van der Waals surface area contributed by atoms with Crippen molar-refractivity contribution in [1.29, 1.82) is 0 Å². The van der Waals surface area contributed by atoms with Gasteiger partial charge in [0.15, 0.2) is 0 Å². The van der Waals surface area contributed by atoms with Gasteiger partial charge in [-0.1, -0.05) is 61.0 Å². The normalized spacial score (nSPS) is 15.1. The lowest BCUT2D eigenvalue weighted by Gasteiger charge is -2.26. The zero-order valence-corrected chi connectivity index (χ0v) is 17.5. The Morgan fingerprint density at radius 3 is 2.40 bits per heavy atom. The quantitative estimate of drug-likeness (QED) is 0.641. The maximum absolute atomic E-state index is 13.1. The van der Waals surface area contributed by atoms with Crippen LogP contribution in [0.15, 0.2) is 71.6 Å². The van der Waals surface area contributed by atoms with Crippen molar-refractivity contribution in [2.24, 2.45) is 0 Å². The molecular weight excluding hydrogens is 398 g/mol. The molecule has 0 bridgehead atoms. The van der Waals surface area contributed by atoms with Crippen molar-refractivity contribution in [1.82, 2.24) is 9.62 Å². The molecule has 0 aromatic heterocycles. The lowest BCUT2D eigenvalue weighted by Crippen LogP contribution is -2.36. The van der Waals surface area contributed by atoms with Gasteiger partial charge in [0.2, 0.25) is 10.0 Å². The van der Waals surface area contributed by atoms with Crippen LogP contribution in [0.25, 0.3) is 10.8 Å². The minimum Gasteiger partial charge on any atom is -0.334 e. The molecule has 156 valence electrons. The molecule has 4 rings (SSSR count). The van der Waals surface area contributed by atoms with E-state index in [9.17, 15) is 13.2 Å². The first-order chi connectivity index (χ1) is 14.6. The molecule has 0 radical (unpaired) electrons. The van der Waals surface area contributed by atoms with E-state index in [2.05, 4.69) is 10.6 Å². The molecule has 1 heterocycles. The van der Waals surface area contributed by atoms with Crippen molar-refractivity contribution < 1.29 is 13.2 Å². The summed E-state index contributed by atoms with van der Waals surface area (Å²) in [6.45, 7) is 1.22. The number of piperidine rings is 1. The van der Waals surface area contributed by atoms with Crippen LogP contribution in [0.3, 0.4) is 0 Å². The second kappa shape index (κ2) is 8.85. The smallest absolute Gasteiger partial charge is 0.319 e. The monoisotopic (exact) mass is 423 g/mol. The van der Waals surface area contributed by atoms with Crippen LogP contribution < -0.4 is 10.6 Å². The molecule has 2 amide bonds. The summed E-state index contributed by atoms with van der Waals surface area (Å²) >= 11 is 0. The molecule has 0 spiro atoms. The van der Waals surface area contributed by atoms with Crippen molar-refractivity contribution >= 4 is 32.5 Å². The Balaban J connectivity index is 1.48. The largest absolute Gasteiger partial charge is 0.334 e. The summed E-state index contributed by atoms with van der Waals surface area (Å²) in [7, 11) is -3.57. The maximum atomic E-state index is 13.1. The lowest BCUT2D eigenvalue weighted by molar-refractivity contribution is 0.251. The number of rotatable bonds is 5. The molecule has 3 aromatic rings. The summed E-state index contributed by atoms with van der Waals surface area (Å²) in [6, 6.07) is 20.0. The summed E-state index contributed by atoms with van der Waals surface area (Å²) in [5.74, 6) is 0. The van der Waals surface area contributed by atoms with Gasteiger partial charge in [-0.3, -0.25) is 0 Å². The first-order valence-electron chi connectivity index (χ1n) is 10.2. The van der Waals surface area contributed by atoms with Crippen LogP contribution in [0.5, 0.6) is 0 Å². The summed E-state index contributed by atoms with van der Waals surface area (Å²) in [5, 5.41) is 7.64. The molecule has 0 aliphatic carbocycles. The lowest BCUT2D eigenvalue weighted by atomic mass is 10.1. The highest BCUT2D eigenvalue weighted by Gasteiger charge is 2.27. The molecular formula is C23H25N3O3S. The Morgan fingerprint density at radius 1 is 0.867 bits per heavy atom. The number of nitrogens with zero attached hydrogens (tertiary/aromatic N) is 1. The summed E-state index contributed by atoms with van der Waals surface area (Å²) < 4.78 is 27.7. The van der Waals surface area contributed by atoms with E-state index >= 15 is 0 Å². The number of carbonyl (C=O) groups excluding carboxylic acids is 1. The summed E-state index contributed by atoms with van der Waals surface area (Å²) in [4.78, 5) is 12.8. The molecule has 1 aliphatic heterocycles. The standard InChI is InChI=1S/C23H25N3O3S/c27-23(25-21-13-8-11-18-9-2-4-12-20(18)21)24-17-19-10-3-5-14-22(19)30(28,29)26-15-6-1-7-16-26/h2-5,8-14H,1,6-7,15-17H2,(H2,24,25,27). The van der Waals surface area contributed by atoms with Gasteiger partial charge in [-0.2, -0.15) is 4.31 Å². The third-order valence-electron chi connectivity index (χ3n) is 5.38. The van der Waals surface area contributed by atoms with Crippen LogP contribution in [0, 0.1) is 0 Å². The predicted octanol–water partition coefficient (Wildman–Crippen LogP) is 4.34. The number of sulfonamides is 1. The van der Waals surface area contributed by atoms with Crippen LogP contribution in [0.4, 0.5) is 10.5 Å². The minimum atomic E-state index is -3.57. The van der Waals surface area contributed by atoms with Crippen LogP contribution in [0.2, 0.25) is 0 Å². The van der Waals surface area contributed by atoms with E-state index in [1.165, 1.54) is 0 Å². The highest BCUT2D eigenvalue weighted by Crippen LogP contribution is 2.24.